The average molecular weight is 324 g/mol. The van der Waals surface area contributed by atoms with Crippen LogP contribution in [0.4, 0.5) is 0 Å². The third-order valence-electron chi connectivity index (χ3n) is 3.87. The molecule has 0 spiro atoms. The number of rotatable bonds is 6. The predicted molar refractivity (Wildman–Crippen MR) is 94.8 cm³/mol. The van der Waals surface area contributed by atoms with Gasteiger partial charge in [-0.1, -0.05) is 0 Å². The highest BCUT2D eigenvalue weighted by molar-refractivity contribution is 7.11. The molecule has 1 aromatic rings. The molecule has 22 heavy (non-hydrogen) atoms. The summed E-state index contributed by atoms with van der Waals surface area (Å²) >= 11 is 1.77. The molecule has 5 nitrogen and oxygen atoms in total. The maximum Gasteiger partial charge on any atom is 0.191 e. The minimum Gasteiger partial charge on any atom is -0.357 e. The zero-order chi connectivity index (χ0) is 15.8. The third kappa shape index (κ3) is 5.93. The van der Waals surface area contributed by atoms with Crippen molar-refractivity contribution in [2.75, 3.05) is 39.8 Å². The maximum absolute atomic E-state index is 4.76. The summed E-state index contributed by atoms with van der Waals surface area (Å²) in [5, 5.41) is 7.94. The minimum absolute atomic E-state index is 0.691. The summed E-state index contributed by atoms with van der Waals surface area (Å²) < 4.78 is 0. The van der Waals surface area contributed by atoms with Crippen LogP contribution in [-0.4, -0.2) is 55.6 Å². The quantitative estimate of drug-likeness (QED) is 0.620. The van der Waals surface area contributed by atoms with E-state index in [0.29, 0.717) is 5.92 Å². The lowest BCUT2D eigenvalue weighted by atomic mass is 9.99. The zero-order valence-corrected chi connectivity index (χ0v) is 14.9. The summed E-state index contributed by atoms with van der Waals surface area (Å²) in [5.41, 5.74) is 0. The Bertz CT molecular complexity index is 471. The van der Waals surface area contributed by atoms with Crippen LogP contribution in [0.2, 0.25) is 0 Å². The molecule has 2 rings (SSSR count). The van der Waals surface area contributed by atoms with Gasteiger partial charge in [-0.3, -0.25) is 4.99 Å². The highest BCUT2D eigenvalue weighted by Crippen LogP contribution is 2.15. The summed E-state index contributed by atoms with van der Waals surface area (Å²) in [4.78, 5) is 12.8. The molecule has 1 aliphatic heterocycles. The molecule has 0 saturated carbocycles. The summed E-state index contributed by atoms with van der Waals surface area (Å²) in [6, 6.07) is 0. The minimum atomic E-state index is 0.691. The lowest BCUT2D eigenvalue weighted by Gasteiger charge is -2.28. The van der Waals surface area contributed by atoms with Gasteiger partial charge in [0.25, 0.3) is 0 Å². The van der Waals surface area contributed by atoms with Crippen LogP contribution in [-0.2, 0) is 6.42 Å². The van der Waals surface area contributed by atoms with Crippen LogP contribution in [0, 0.1) is 12.8 Å². The standard InChI is InChI=1S/C16H29N5S/c1-4-17-16(18-8-7-15-19-10-13(2)22-15)20-11-14-6-5-9-21(3)12-14/h10,14H,4-9,11-12H2,1-3H3,(H2,17,18,20). The molecule has 124 valence electrons. The number of nitrogens with one attached hydrogen (secondary N) is 2. The average Bonchev–Trinajstić information content (AvgIpc) is 2.90. The molecule has 1 saturated heterocycles. The molecule has 1 aromatic heterocycles. The Balaban J connectivity index is 1.76. The molecule has 6 heteroatoms. The molecular weight excluding hydrogens is 294 g/mol. The number of likely N-dealkylation sites (tertiary alicyclic amines) is 1. The smallest absolute Gasteiger partial charge is 0.191 e. The Hall–Kier alpha value is -1.14. The molecular formula is C16H29N5S. The Morgan fingerprint density at radius 2 is 2.36 bits per heavy atom. The molecule has 0 bridgehead atoms. The zero-order valence-electron chi connectivity index (χ0n) is 14.1. The first-order valence-electron chi connectivity index (χ1n) is 8.29. The normalized spacial score (nSPS) is 20.1. The number of aromatic nitrogens is 1. The van der Waals surface area contributed by atoms with Crippen LogP contribution in [0.5, 0.6) is 0 Å². The number of aryl methyl sites for hydroxylation is 1. The lowest BCUT2D eigenvalue weighted by Crippen LogP contribution is -2.39. The van der Waals surface area contributed by atoms with Gasteiger partial charge in [-0.05, 0) is 46.2 Å². The number of guanidine groups is 1. The molecule has 2 N–H and O–H groups in total. The van der Waals surface area contributed by atoms with Crippen LogP contribution in [0.3, 0.4) is 0 Å². The van der Waals surface area contributed by atoms with Crippen molar-refractivity contribution < 1.29 is 0 Å². The Labute approximate surface area is 138 Å². The van der Waals surface area contributed by atoms with E-state index >= 15 is 0 Å². The van der Waals surface area contributed by atoms with E-state index in [-0.39, 0.29) is 0 Å². The first-order valence-corrected chi connectivity index (χ1v) is 9.11. The summed E-state index contributed by atoms with van der Waals surface area (Å²) in [6.45, 7) is 9.29. The third-order valence-corrected chi connectivity index (χ3v) is 4.85. The molecule has 0 amide bonds. The van der Waals surface area contributed by atoms with Crippen molar-refractivity contribution in [1.29, 1.82) is 0 Å². The highest BCUT2D eigenvalue weighted by Gasteiger charge is 2.16. The number of aliphatic imine (C=N–C) groups is 1. The first-order chi connectivity index (χ1) is 10.7. The van der Waals surface area contributed by atoms with Gasteiger partial charge in [-0.2, -0.15) is 0 Å². The van der Waals surface area contributed by atoms with E-state index in [4.69, 9.17) is 4.99 Å². The van der Waals surface area contributed by atoms with Gasteiger partial charge in [0.15, 0.2) is 5.96 Å². The van der Waals surface area contributed by atoms with Crippen molar-refractivity contribution in [3.05, 3.63) is 16.1 Å². The second kappa shape index (κ2) is 9.10. The second-order valence-electron chi connectivity index (χ2n) is 6.03. The number of hydrogen-bond donors (Lipinski definition) is 2. The van der Waals surface area contributed by atoms with E-state index in [9.17, 15) is 0 Å². The molecule has 2 heterocycles. The highest BCUT2D eigenvalue weighted by atomic mass is 32.1. The molecule has 0 aromatic carbocycles. The van der Waals surface area contributed by atoms with Crippen molar-refractivity contribution >= 4 is 17.3 Å². The number of nitrogens with zero attached hydrogens (tertiary/aromatic N) is 3. The van der Waals surface area contributed by atoms with Gasteiger partial charge in [0.05, 0.1) is 5.01 Å². The van der Waals surface area contributed by atoms with Crippen LogP contribution in [0.1, 0.15) is 29.7 Å². The Morgan fingerprint density at radius 1 is 1.50 bits per heavy atom. The Kier molecular flexibility index (Phi) is 7.12. The number of piperidine rings is 1. The topological polar surface area (TPSA) is 52.6 Å². The van der Waals surface area contributed by atoms with Gasteiger partial charge >= 0.3 is 0 Å². The monoisotopic (exact) mass is 323 g/mol. The van der Waals surface area contributed by atoms with Gasteiger partial charge < -0.3 is 15.5 Å². The molecule has 1 unspecified atom stereocenters. The fourth-order valence-electron chi connectivity index (χ4n) is 2.79. The fraction of sp³-hybridized carbons (Fsp3) is 0.750. The van der Waals surface area contributed by atoms with E-state index in [2.05, 4.69) is 41.4 Å². The van der Waals surface area contributed by atoms with Crippen LogP contribution in [0.25, 0.3) is 0 Å². The van der Waals surface area contributed by atoms with E-state index in [0.717, 1.165) is 32.0 Å². The van der Waals surface area contributed by atoms with E-state index in [1.165, 1.54) is 35.8 Å². The molecule has 0 aliphatic carbocycles. The van der Waals surface area contributed by atoms with Crippen molar-refractivity contribution in [3.63, 3.8) is 0 Å². The predicted octanol–water partition coefficient (Wildman–Crippen LogP) is 1.89. The van der Waals surface area contributed by atoms with E-state index in [1.54, 1.807) is 11.3 Å². The van der Waals surface area contributed by atoms with Crippen molar-refractivity contribution in [3.8, 4) is 0 Å². The first kappa shape index (κ1) is 17.2. The van der Waals surface area contributed by atoms with Gasteiger partial charge in [0.2, 0.25) is 0 Å². The van der Waals surface area contributed by atoms with Gasteiger partial charge in [-0.15, -0.1) is 11.3 Å². The number of thiazole rings is 1. The maximum atomic E-state index is 4.76. The van der Waals surface area contributed by atoms with Crippen LogP contribution >= 0.6 is 11.3 Å². The fourth-order valence-corrected chi connectivity index (χ4v) is 3.58. The van der Waals surface area contributed by atoms with Gasteiger partial charge in [0.1, 0.15) is 0 Å². The molecule has 0 radical (unpaired) electrons. The van der Waals surface area contributed by atoms with Crippen LogP contribution < -0.4 is 10.6 Å². The molecule has 1 fully saturated rings. The summed E-state index contributed by atoms with van der Waals surface area (Å²) in [6.07, 6.45) is 5.49. The van der Waals surface area contributed by atoms with Crippen molar-refractivity contribution in [1.82, 2.24) is 20.5 Å². The lowest BCUT2D eigenvalue weighted by molar-refractivity contribution is 0.214. The summed E-state index contributed by atoms with van der Waals surface area (Å²) in [7, 11) is 2.20. The van der Waals surface area contributed by atoms with Crippen molar-refractivity contribution in [2.45, 2.75) is 33.1 Å². The largest absolute Gasteiger partial charge is 0.357 e. The van der Waals surface area contributed by atoms with Crippen LogP contribution in [0.15, 0.2) is 11.2 Å². The van der Waals surface area contributed by atoms with Gasteiger partial charge in [-0.25, -0.2) is 4.98 Å². The van der Waals surface area contributed by atoms with E-state index in [1.807, 2.05) is 6.20 Å². The van der Waals surface area contributed by atoms with Gasteiger partial charge in [0, 0.05) is 43.7 Å². The SMILES string of the molecule is CCNC(=NCC1CCCN(C)C1)NCCc1ncc(C)s1. The second-order valence-corrected chi connectivity index (χ2v) is 7.35. The number of hydrogen-bond acceptors (Lipinski definition) is 4. The molecule has 1 atom stereocenters. The molecule has 1 aliphatic rings. The van der Waals surface area contributed by atoms with Crippen molar-refractivity contribution in [2.24, 2.45) is 10.9 Å². The summed E-state index contributed by atoms with van der Waals surface area (Å²) in [5.74, 6) is 1.62. The Morgan fingerprint density at radius 3 is 3.05 bits per heavy atom. The van der Waals surface area contributed by atoms with E-state index < -0.39 is 0 Å².